The lowest BCUT2D eigenvalue weighted by Gasteiger charge is -2.15. The van der Waals surface area contributed by atoms with Crippen LogP contribution in [0.5, 0.6) is 5.75 Å². The minimum atomic E-state index is -1.42. The molecule has 0 aliphatic carbocycles. The van der Waals surface area contributed by atoms with Gasteiger partial charge in [-0.25, -0.2) is 0 Å². The summed E-state index contributed by atoms with van der Waals surface area (Å²) < 4.78 is 0. The molecule has 6 nitrogen and oxygen atoms in total. The average molecular weight is 213 g/mol. The topological polar surface area (TPSA) is 101 Å². The lowest BCUT2D eigenvalue weighted by Crippen LogP contribution is -2.38. The summed E-state index contributed by atoms with van der Waals surface area (Å²) in [5.41, 5.74) is 0.577. The highest BCUT2D eigenvalue weighted by Crippen LogP contribution is 2.12. The van der Waals surface area contributed by atoms with Crippen LogP contribution in [-0.4, -0.2) is 37.9 Å². The highest BCUT2D eigenvalue weighted by atomic mass is 16.8. The van der Waals surface area contributed by atoms with E-state index in [4.69, 9.17) is 20.6 Å². The van der Waals surface area contributed by atoms with Crippen molar-refractivity contribution >= 4 is 5.97 Å². The molecule has 82 valence electrons. The Kier molecular flexibility index (Phi) is 3.62. The molecule has 1 atom stereocenters. The fourth-order valence-corrected chi connectivity index (χ4v) is 1.12. The highest BCUT2D eigenvalue weighted by molar-refractivity contribution is 5.73. The smallest absolute Gasteiger partial charge is 0.326 e. The molecule has 0 fully saturated rings. The fraction of sp³-hybridized carbons (Fsp3) is 0.222. The van der Waals surface area contributed by atoms with Crippen LogP contribution in [0.2, 0.25) is 0 Å². The van der Waals surface area contributed by atoms with E-state index in [0.29, 0.717) is 5.56 Å². The van der Waals surface area contributed by atoms with Gasteiger partial charge in [0.15, 0.2) is 6.04 Å². The Bertz CT molecular complexity index is 335. The molecule has 0 aromatic heterocycles. The number of benzene rings is 1. The molecule has 4 N–H and O–H groups in total. The molecule has 15 heavy (non-hydrogen) atoms. The van der Waals surface area contributed by atoms with E-state index in [9.17, 15) is 4.79 Å². The van der Waals surface area contributed by atoms with Crippen molar-refractivity contribution in [2.75, 3.05) is 0 Å². The van der Waals surface area contributed by atoms with Gasteiger partial charge in [0.2, 0.25) is 0 Å². The van der Waals surface area contributed by atoms with Gasteiger partial charge >= 0.3 is 5.97 Å². The summed E-state index contributed by atoms with van der Waals surface area (Å²) in [5, 5.41) is 34.6. The average Bonchev–Trinajstić information content (AvgIpc) is 2.15. The van der Waals surface area contributed by atoms with Crippen LogP contribution in [0, 0.1) is 0 Å². The number of nitrogens with zero attached hydrogens (tertiary/aromatic N) is 1. The Balaban J connectivity index is 2.74. The number of phenols is 1. The van der Waals surface area contributed by atoms with Crippen molar-refractivity contribution in [2.45, 2.75) is 12.5 Å². The highest BCUT2D eigenvalue weighted by Gasteiger charge is 2.23. The van der Waals surface area contributed by atoms with Gasteiger partial charge in [-0.2, -0.15) is 0 Å². The molecule has 0 saturated carbocycles. The van der Waals surface area contributed by atoms with Gasteiger partial charge in [-0.15, -0.1) is 0 Å². The maximum atomic E-state index is 10.6. The van der Waals surface area contributed by atoms with E-state index >= 15 is 0 Å². The Hall–Kier alpha value is -1.63. The molecular formula is C9H11NO5. The van der Waals surface area contributed by atoms with E-state index in [0.717, 1.165) is 0 Å². The van der Waals surface area contributed by atoms with Crippen LogP contribution in [0.1, 0.15) is 5.56 Å². The van der Waals surface area contributed by atoms with Gasteiger partial charge in [-0.1, -0.05) is 17.4 Å². The van der Waals surface area contributed by atoms with E-state index in [-0.39, 0.29) is 17.4 Å². The van der Waals surface area contributed by atoms with Crippen molar-refractivity contribution in [3.63, 3.8) is 0 Å². The van der Waals surface area contributed by atoms with Crippen molar-refractivity contribution < 1.29 is 25.4 Å². The molecule has 6 heteroatoms. The largest absolute Gasteiger partial charge is 0.508 e. The van der Waals surface area contributed by atoms with Crippen molar-refractivity contribution in [3.8, 4) is 5.75 Å². The Morgan fingerprint density at radius 3 is 2.20 bits per heavy atom. The third-order valence-corrected chi connectivity index (χ3v) is 1.93. The lowest BCUT2D eigenvalue weighted by atomic mass is 10.1. The standard InChI is InChI=1S/C9H11NO5/c11-7-3-1-6(2-4-7)5-8(9(12)13)10(14)15/h1-4,8,11,14-15H,5H2,(H,12,13). The van der Waals surface area contributed by atoms with Crippen LogP contribution >= 0.6 is 0 Å². The second kappa shape index (κ2) is 4.74. The molecule has 0 bridgehead atoms. The first-order valence-corrected chi connectivity index (χ1v) is 4.18. The third-order valence-electron chi connectivity index (χ3n) is 1.93. The summed E-state index contributed by atoms with van der Waals surface area (Å²) in [5.74, 6) is -1.27. The zero-order valence-corrected chi connectivity index (χ0v) is 7.74. The van der Waals surface area contributed by atoms with Gasteiger partial charge in [0.25, 0.3) is 0 Å². The first-order chi connectivity index (χ1) is 7.00. The van der Waals surface area contributed by atoms with E-state index in [1.807, 2.05) is 0 Å². The Morgan fingerprint density at radius 1 is 1.27 bits per heavy atom. The van der Waals surface area contributed by atoms with E-state index < -0.39 is 12.0 Å². The first-order valence-electron chi connectivity index (χ1n) is 4.18. The normalized spacial score (nSPS) is 12.7. The predicted octanol–water partition coefficient (Wildman–Crippen LogP) is 0.468. The first kappa shape index (κ1) is 11.4. The predicted molar refractivity (Wildman–Crippen MR) is 48.6 cm³/mol. The van der Waals surface area contributed by atoms with Gasteiger partial charge in [0.1, 0.15) is 5.75 Å². The molecule has 0 amide bonds. The summed E-state index contributed by atoms with van der Waals surface area (Å²) in [6, 6.07) is 4.39. The minimum Gasteiger partial charge on any atom is -0.508 e. The second-order valence-corrected chi connectivity index (χ2v) is 3.04. The number of carbonyl (C=O) groups is 1. The number of hydrogen-bond donors (Lipinski definition) is 4. The number of aromatic hydroxyl groups is 1. The molecule has 1 rings (SSSR count). The van der Waals surface area contributed by atoms with Gasteiger partial charge in [0.05, 0.1) is 0 Å². The van der Waals surface area contributed by atoms with Crippen LogP contribution in [0.3, 0.4) is 0 Å². The molecule has 1 aromatic rings. The van der Waals surface area contributed by atoms with Gasteiger partial charge in [-0.3, -0.25) is 15.2 Å². The Labute approximate surface area is 85.5 Å². The summed E-state index contributed by atoms with van der Waals surface area (Å²) in [4.78, 5) is 10.6. The van der Waals surface area contributed by atoms with Crippen LogP contribution in [0.4, 0.5) is 0 Å². The number of hydroxylamine groups is 2. The fourth-order valence-electron chi connectivity index (χ4n) is 1.12. The number of carboxylic acids is 1. The lowest BCUT2D eigenvalue weighted by molar-refractivity contribution is -0.327. The van der Waals surface area contributed by atoms with Gasteiger partial charge in [-0.05, 0) is 17.7 Å². The summed E-state index contributed by atoms with van der Waals surface area (Å²) >= 11 is 0. The third kappa shape index (κ3) is 3.21. The van der Waals surface area contributed by atoms with Crippen molar-refractivity contribution in [3.05, 3.63) is 29.8 Å². The second-order valence-electron chi connectivity index (χ2n) is 3.04. The van der Waals surface area contributed by atoms with E-state index in [1.165, 1.54) is 24.3 Å². The number of phenolic OH excluding ortho intramolecular Hbond substituents is 1. The van der Waals surface area contributed by atoms with Crippen LogP contribution in [0.15, 0.2) is 24.3 Å². The van der Waals surface area contributed by atoms with E-state index in [2.05, 4.69) is 0 Å². The molecule has 0 aliphatic heterocycles. The maximum absolute atomic E-state index is 10.6. The van der Waals surface area contributed by atoms with E-state index in [1.54, 1.807) is 0 Å². The van der Waals surface area contributed by atoms with Crippen LogP contribution in [-0.2, 0) is 11.2 Å². The molecule has 1 unspecified atom stereocenters. The molecule has 0 radical (unpaired) electrons. The summed E-state index contributed by atoms with van der Waals surface area (Å²) in [6.07, 6.45) is -0.0669. The monoisotopic (exact) mass is 213 g/mol. The maximum Gasteiger partial charge on any atom is 0.326 e. The summed E-state index contributed by atoms with van der Waals surface area (Å²) in [7, 11) is 0. The number of carboxylic acid groups (broad SMARTS) is 1. The van der Waals surface area contributed by atoms with Gasteiger partial charge in [0, 0.05) is 6.42 Å². The quantitative estimate of drug-likeness (QED) is 0.542. The molecule has 1 aromatic carbocycles. The number of rotatable bonds is 4. The zero-order chi connectivity index (χ0) is 11.4. The molecule has 0 aliphatic rings. The Morgan fingerprint density at radius 2 is 1.80 bits per heavy atom. The number of aliphatic carboxylic acids is 1. The number of hydrogen-bond acceptors (Lipinski definition) is 5. The van der Waals surface area contributed by atoms with Crippen molar-refractivity contribution in [2.24, 2.45) is 0 Å². The minimum absolute atomic E-state index is 0.0653. The molecule has 0 spiro atoms. The molecule has 0 saturated heterocycles. The van der Waals surface area contributed by atoms with Crippen LogP contribution < -0.4 is 0 Å². The van der Waals surface area contributed by atoms with Crippen molar-refractivity contribution in [1.82, 2.24) is 5.23 Å². The van der Waals surface area contributed by atoms with Crippen LogP contribution in [0.25, 0.3) is 0 Å². The van der Waals surface area contributed by atoms with Gasteiger partial charge < -0.3 is 10.2 Å². The summed E-state index contributed by atoms with van der Waals surface area (Å²) in [6.45, 7) is 0. The molecule has 0 heterocycles. The zero-order valence-electron chi connectivity index (χ0n) is 7.74. The SMILES string of the molecule is O=C(O)C(Cc1ccc(O)cc1)N(O)O. The van der Waals surface area contributed by atoms with Crippen molar-refractivity contribution in [1.29, 1.82) is 0 Å². The molecular weight excluding hydrogens is 202 g/mol.